The molecule has 0 spiro atoms. The van der Waals surface area contributed by atoms with E-state index in [1.807, 2.05) is 24.3 Å². The summed E-state index contributed by atoms with van der Waals surface area (Å²) < 4.78 is 5.65. The van der Waals surface area contributed by atoms with Crippen LogP contribution in [-0.2, 0) is 9.63 Å². The molecule has 26 heavy (non-hydrogen) atoms. The molecule has 2 aromatic carbocycles. The standard InChI is InChI=1S/C20H17Cl2NO3/c1-2-3-10-25-16-8-5-13(6-9-16)19-17(20(24)26-23-19)11-14-4-7-15(21)12-18(14)22/h4-9,11-12H,2-3,10H2,1H3/b17-11+. The second kappa shape index (κ2) is 8.39. The molecule has 0 bridgehead atoms. The average Bonchev–Trinajstić information content (AvgIpc) is 2.99. The minimum Gasteiger partial charge on any atom is -0.494 e. The molecule has 0 amide bonds. The lowest BCUT2D eigenvalue weighted by Gasteiger charge is -2.06. The summed E-state index contributed by atoms with van der Waals surface area (Å²) in [6, 6.07) is 12.5. The van der Waals surface area contributed by atoms with Crippen molar-refractivity contribution in [2.45, 2.75) is 19.8 Å². The van der Waals surface area contributed by atoms with Crippen molar-refractivity contribution in [1.29, 1.82) is 0 Å². The Hall–Kier alpha value is -2.30. The van der Waals surface area contributed by atoms with Crippen LogP contribution in [0.3, 0.4) is 0 Å². The molecule has 0 fully saturated rings. The van der Waals surface area contributed by atoms with Crippen molar-refractivity contribution in [3.63, 3.8) is 0 Å². The Balaban J connectivity index is 1.84. The van der Waals surface area contributed by atoms with E-state index in [4.69, 9.17) is 32.8 Å². The van der Waals surface area contributed by atoms with Gasteiger partial charge in [-0.15, -0.1) is 0 Å². The summed E-state index contributed by atoms with van der Waals surface area (Å²) in [5.74, 6) is 0.258. The van der Waals surface area contributed by atoms with E-state index in [1.165, 1.54) is 0 Å². The van der Waals surface area contributed by atoms with Gasteiger partial charge in [-0.2, -0.15) is 0 Å². The van der Waals surface area contributed by atoms with Crippen LogP contribution in [0.4, 0.5) is 0 Å². The van der Waals surface area contributed by atoms with Crippen LogP contribution in [0.1, 0.15) is 30.9 Å². The van der Waals surface area contributed by atoms with Crippen molar-refractivity contribution in [2.24, 2.45) is 5.16 Å². The van der Waals surface area contributed by atoms with Crippen LogP contribution in [0, 0.1) is 0 Å². The molecule has 1 aliphatic rings. The molecule has 0 N–H and O–H groups in total. The summed E-state index contributed by atoms with van der Waals surface area (Å²) in [6.45, 7) is 2.79. The Kier molecular flexibility index (Phi) is 5.96. The van der Waals surface area contributed by atoms with Crippen molar-refractivity contribution < 1.29 is 14.4 Å². The number of carbonyl (C=O) groups excluding carboxylic acids is 1. The minimum absolute atomic E-state index is 0.342. The summed E-state index contributed by atoms with van der Waals surface area (Å²) >= 11 is 12.1. The van der Waals surface area contributed by atoms with E-state index in [9.17, 15) is 4.79 Å². The van der Waals surface area contributed by atoms with Gasteiger partial charge in [0.15, 0.2) is 0 Å². The maximum absolute atomic E-state index is 12.1. The zero-order chi connectivity index (χ0) is 18.5. The second-order valence-electron chi connectivity index (χ2n) is 5.77. The highest BCUT2D eigenvalue weighted by Crippen LogP contribution is 2.27. The first-order valence-corrected chi connectivity index (χ1v) is 9.03. The van der Waals surface area contributed by atoms with E-state index >= 15 is 0 Å². The molecule has 0 unspecified atom stereocenters. The lowest BCUT2D eigenvalue weighted by Crippen LogP contribution is -2.07. The van der Waals surface area contributed by atoms with E-state index in [0.29, 0.717) is 33.5 Å². The highest BCUT2D eigenvalue weighted by molar-refractivity contribution is 6.36. The number of benzene rings is 2. The first-order chi connectivity index (χ1) is 12.6. The molecule has 6 heteroatoms. The van der Waals surface area contributed by atoms with Crippen LogP contribution in [0.25, 0.3) is 6.08 Å². The number of oxime groups is 1. The van der Waals surface area contributed by atoms with Gasteiger partial charge in [-0.05, 0) is 54.5 Å². The number of carbonyl (C=O) groups is 1. The third-order valence-corrected chi connectivity index (χ3v) is 4.41. The molecule has 3 rings (SSSR count). The fraction of sp³-hybridized carbons (Fsp3) is 0.200. The minimum atomic E-state index is -0.519. The van der Waals surface area contributed by atoms with Crippen LogP contribution in [-0.4, -0.2) is 18.3 Å². The number of halogens is 2. The number of hydrogen-bond acceptors (Lipinski definition) is 4. The second-order valence-corrected chi connectivity index (χ2v) is 6.61. The first kappa shape index (κ1) is 18.5. The fourth-order valence-corrected chi connectivity index (χ4v) is 2.90. The van der Waals surface area contributed by atoms with E-state index in [-0.39, 0.29) is 0 Å². The van der Waals surface area contributed by atoms with Crippen molar-refractivity contribution >= 4 is 41.0 Å². The van der Waals surface area contributed by atoms with Crippen molar-refractivity contribution in [3.05, 3.63) is 69.2 Å². The summed E-state index contributed by atoms with van der Waals surface area (Å²) in [7, 11) is 0. The Bertz CT molecular complexity index is 873. The van der Waals surface area contributed by atoms with Crippen molar-refractivity contribution in [3.8, 4) is 5.75 Å². The van der Waals surface area contributed by atoms with Gasteiger partial charge < -0.3 is 9.57 Å². The number of unbranched alkanes of at least 4 members (excludes halogenated alkanes) is 1. The van der Waals surface area contributed by atoms with Gasteiger partial charge in [-0.1, -0.05) is 47.8 Å². The zero-order valence-corrected chi connectivity index (χ0v) is 15.7. The number of rotatable bonds is 6. The Morgan fingerprint density at radius 3 is 2.62 bits per heavy atom. The quantitative estimate of drug-likeness (QED) is 0.371. The van der Waals surface area contributed by atoms with Crippen LogP contribution in [0.15, 0.2) is 53.2 Å². The van der Waals surface area contributed by atoms with Crippen molar-refractivity contribution in [2.75, 3.05) is 6.61 Å². The molecule has 0 aromatic heterocycles. The number of nitrogens with zero attached hydrogens (tertiary/aromatic N) is 1. The molecule has 1 heterocycles. The lowest BCUT2D eigenvalue weighted by atomic mass is 10.0. The maximum atomic E-state index is 12.1. The van der Waals surface area contributed by atoms with Gasteiger partial charge in [-0.3, -0.25) is 0 Å². The van der Waals surface area contributed by atoms with Gasteiger partial charge in [-0.25, -0.2) is 4.79 Å². The van der Waals surface area contributed by atoms with Gasteiger partial charge in [0.25, 0.3) is 0 Å². The van der Waals surface area contributed by atoms with E-state index < -0.39 is 5.97 Å². The van der Waals surface area contributed by atoms with Gasteiger partial charge in [0, 0.05) is 15.6 Å². The van der Waals surface area contributed by atoms with Crippen molar-refractivity contribution in [1.82, 2.24) is 0 Å². The largest absolute Gasteiger partial charge is 0.494 e. The molecule has 4 nitrogen and oxygen atoms in total. The summed E-state index contributed by atoms with van der Waals surface area (Å²) in [5, 5.41) is 4.88. The molecule has 2 aromatic rings. The van der Waals surface area contributed by atoms with Crippen LogP contribution < -0.4 is 4.74 Å². The van der Waals surface area contributed by atoms with Gasteiger partial charge in [0.2, 0.25) is 0 Å². The predicted molar refractivity (Wildman–Crippen MR) is 104 cm³/mol. The summed E-state index contributed by atoms with van der Waals surface area (Å²) in [6.07, 6.45) is 3.74. The van der Waals surface area contributed by atoms with Crippen LogP contribution >= 0.6 is 23.2 Å². The summed E-state index contributed by atoms with van der Waals surface area (Å²) in [4.78, 5) is 16.9. The lowest BCUT2D eigenvalue weighted by molar-refractivity contribution is -0.136. The zero-order valence-electron chi connectivity index (χ0n) is 14.2. The average molecular weight is 390 g/mol. The normalized spacial score (nSPS) is 15.1. The number of hydrogen-bond donors (Lipinski definition) is 0. The molecule has 0 saturated carbocycles. The summed E-state index contributed by atoms with van der Waals surface area (Å²) in [5.41, 5.74) is 2.22. The molecule has 1 aliphatic heterocycles. The molecule has 0 aliphatic carbocycles. The van der Waals surface area contributed by atoms with E-state index in [1.54, 1.807) is 24.3 Å². The Labute approximate surface area is 162 Å². The molecule has 134 valence electrons. The third kappa shape index (κ3) is 4.26. The molecule has 0 saturated heterocycles. The molecule has 0 radical (unpaired) electrons. The molecular formula is C20H17Cl2NO3. The van der Waals surface area contributed by atoms with Crippen LogP contribution in [0.2, 0.25) is 10.0 Å². The monoisotopic (exact) mass is 389 g/mol. The van der Waals surface area contributed by atoms with Gasteiger partial charge in [0.05, 0.1) is 12.2 Å². The highest BCUT2D eigenvalue weighted by Gasteiger charge is 2.27. The van der Waals surface area contributed by atoms with E-state index in [0.717, 1.165) is 24.2 Å². The van der Waals surface area contributed by atoms with Crippen LogP contribution in [0.5, 0.6) is 5.75 Å². The smallest absolute Gasteiger partial charge is 0.368 e. The Morgan fingerprint density at radius 1 is 1.15 bits per heavy atom. The highest BCUT2D eigenvalue weighted by atomic mass is 35.5. The van der Waals surface area contributed by atoms with E-state index in [2.05, 4.69) is 12.1 Å². The fourth-order valence-electron chi connectivity index (χ4n) is 2.44. The van der Waals surface area contributed by atoms with Gasteiger partial charge >= 0.3 is 5.97 Å². The SMILES string of the molecule is CCCCOc1ccc(C2=NOC(=O)/C2=C/c2ccc(Cl)cc2Cl)cc1. The topological polar surface area (TPSA) is 47.9 Å². The predicted octanol–water partition coefficient (Wildman–Crippen LogP) is 5.52. The Morgan fingerprint density at radius 2 is 1.92 bits per heavy atom. The first-order valence-electron chi connectivity index (χ1n) is 8.28. The maximum Gasteiger partial charge on any atom is 0.368 e. The molecular weight excluding hydrogens is 373 g/mol. The third-order valence-electron chi connectivity index (χ3n) is 3.85. The molecule has 0 atom stereocenters. The number of ether oxygens (including phenoxy) is 1. The van der Waals surface area contributed by atoms with Gasteiger partial charge in [0.1, 0.15) is 11.5 Å².